The highest BCUT2D eigenvalue weighted by molar-refractivity contribution is 5.98. The average molecular weight is 462 g/mol. The van der Waals surface area contributed by atoms with E-state index >= 15 is 0 Å². The van der Waals surface area contributed by atoms with E-state index in [0.717, 1.165) is 27.9 Å². The minimum Gasteiger partial charge on any atom is -0.351 e. The summed E-state index contributed by atoms with van der Waals surface area (Å²) < 4.78 is 0. The van der Waals surface area contributed by atoms with Gasteiger partial charge in [0.25, 0.3) is 5.91 Å². The molecule has 1 aliphatic heterocycles. The summed E-state index contributed by atoms with van der Waals surface area (Å²) in [6.45, 7) is 4.90. The van der Waals surface area contributed by atoms with E-state index in [1.807, 2.05) is 24.4 Å². The molecule has 174 valence electrons. The maximum Gasteiger partial charge on any atom is 0.251 e. The number of fused-ring (bicyclic) bond motifs is 1. The SMILES string of the molecule is CC1(C)CNC(=O)c2ccc(Nc3ccnc(-c4ccc(-c5ccnc(C6CC6)c5)cc4)n3)cc21. The molecule has 2 aromatic heterocycles. The molecule has 0 unspecified atom stereocenters. The van der Waals surface area contributed by atoms with Crippen molar-refractivity contribution in [3.8, 4) is 22.5 Å². The van der Waals surface area contributed by atoms with Crippen molar-refractivity contribution in [1.29, 1.82) is 0 Å². The minimum absolute atomic E-state index is 0.0193. The number of amides is 1. The fourth-order valence-electron chi connectivity index (χ4n) is 4.63. The number of pyridine rings is 1. The lowest BCUT2D eigenvalue weighted by atomic mass is 9.79. The molecule has 1 amide bonds. The van der Waals surface area contributed by atoms with E-state index in [0.29, 0.717) is 24.1 Å². The molecular weight excluding hydrogens is 434 g/mol. The number of hydrogen-bond acceptors (Lipinski definition) is 5. The summed E-state index contributed by atoms with van der Waals surface area (Å²) in [7, 11) is 0. The Hall–Kier alpha value is -4.06. The van der Waals surface area contributed by atoms with Crippen LogP contribution >= 0.6 is 0 Å². The lowest BCUT2D eigenvalue weighted by Gasteiger charge is -2.32. The number of rotatable bonds is 5. The molecule has 2 aromatic carbocycles. The molecule has 2 N–H and O–H groups in total. The van der Waals surface area contributed by atoms with Gasteiger partial charge in [-0.3, -0.25) is 9.78 Å². The summed E-state index contributed by atoms with van der Waals surface area (Å²) >= 11 is 0. The zero-order valence-corrected chi connectivity index (χ0v) is 19.9. The van der Waals surface area contributed by atoms with Gasteiger partial charge in [0.15, 0.2) is 5.82 Å². The molecule has 0 radical (unpaired) electrons. The molecule has 0 spiro atoms. The molecule has 6 heteroatoms. The molecule has 4 aromatic rings. The molecule has 35 heavy (non-hydrogen) atoms. The van der Waals surface area contributed by atoms with E-state index in [-0.39, 0.29) is 11.3 Å². The predicted octanol–water partition coefficient (Wildman–Crippen LogP) is 5.85. The zero-order chi connectivity index (χ0) is 24.0. The van der Waals surface area contributed by atoms with E-state index in [1.54, 1.807) is 6.20 Å². The Kier molecular flexibility index (Phi) is 5.10. The lowest BCUT2D eigenvalue weighted by molar-refractivity contribution is 0.0930. The van der Waals surface area contributed by atoms with Crippen molar-refractivity contribution in [2.45, 2.75) is 38.0 Å². The van der Waals surface area contributed by atoms with Crippen molar-refractivity contribution in [1.82, 2.24) is 20.3 Å². The number of nitrogens with one attached hydrogen (secondary N) is 2. The van der Waals surface area contributed by atoms with E-state index < -0.39 is 0 Å². The van der Waals surface area contributed by atoms with E-state index in [4.69, 9.17) is 4.98 Å². The number of aromatic nitrogens is 3. The second-order valence-electron chi connectivity index (χ2n) is 10.0. The summed E-state index contributed by atoms with van der Waals surface area (Å²) in [5.74, 6) is 1.98. The molecule has 0 atom stereocenters. The van der Waals surface area contributed by atoms with Crippen LogP contribution in [0.2, 0.25) is 0 Å². The fourth-order valence-corrected chi connectivity index (χ4v) is 4.63. The summed E-state index contributed by atoms with van der Waals surface area (Å²) in [6, 6.07) is 20.3. The van der Waals surface area contributed by atoms with Crippen LogP contribution in [0.25, 0.3) is 22.5 Å². The second kappa shape index (κ2) is 8.31. The normalized spacial score (nSPS) is 16.3. The molecule has 1 fully saturated rings. The van der Waals surface area contributed by atoms with E-state index in [1.165, 1.54) is 24.1 Å². The van der Waals surface area contributed by atoms with Crippen LogP contribution in [0.1, 0.15) is 54.2 Å². The quantitative estimate of drug-likeness (QED) is 0.390. The Morgan fingerprint density at radius 3 is 2.46 bits per heavy atom. The molecule has 1 saturated carbocycles. The van der Waals surface area contributed by atoms with Gasteiger partial charge in [-0.2, -0.15) is 0 Å². The van der Waals surface area contributed by atoms with Gasteiger partial charge in [-0.05, 0) is 65.9 Å². The van der Waals surface area contributed by atoms with Crippen LogP contribution in [0.3, 0.4) is 0 Å². The topological polar surface area (TPSA) is 79.8 Å². The van der Waals surface area contributed by atoms with Crippen molar-refractivity contribution >= 4 is 17.4 Å². The highest BCUT2D eigenvalue weighted by Gasteiger charge is 2.31. The van der Waals surface area contributed by atoms with Gasteiger partial charge in [-0.15, -0.1) is 0 Å². The number of carbonyl (C=O) groups excluding carboxylic acids is 1. The molecule has 6 nitrogen and oxygen atoms in total. The fraction of sp³-hybridized carbons (Fsp3) is 0.241. The Labute approximate surface area is 204 Å². The number of nitrogens with zero attached hydrogens (tertiary/aromatic N) is 3. The summed E-state index contributed by atoms with van der Waals surface area (Å²) in [5, 5.41) is 6.35. The first-order chi connectivity index (χ1) is 17.0. The summed E-state index contributed by atoms with van der Waals surface area (Å²) in [6.07, 6.45) is 6.16. The third-order valence-corrected chi connectivity index (χ3v) is 6.87. The van der Waals surface area contributed by atoms with E-state index in [2.05, 4.69) is 76.9 Å². The smallest absolute Gasteiger partial charge is 0.251 e. The predicted molar refractivity (Wildman–Crippen MR) is 138 cm³/mol. The van der Waals surface area contributed by atoms with Crippen molar-refractivity contribution in [3.05, 3.63) is 89.9 Å². The Morgan fingerprint density at radius 1 is 0.886 bits per heavy atom. The highest BCUT2D eigenvalue weighted by atomic mass is 16.1. The number of hydrogen-bond donors (Lipinski definition) is 2. The summed E-state index contributed by atoms with van der Waals surface area (Å²) in [4.78, 5) is 26.0. The highest BCUT2D eigenvalue weighted by Crippen LogP contribution is 2.40. The first kappa shape index (κ1) is 21.5. The standard InChI is InChI=1S/C29H27N5O/c1-29(2)17-32-28(35)23-10-9-22(16-24(23)29)33-26-12-14-31-27(34-26)20-7-3-18(4-8-20)21-11-13-30-25(15-21)19-5-6-19/h3-4,7-16,19H,5-6,17H2,1-2H3,(H,32,35)(H,31,33,34). The van der Waals surface area contributed by atoms with Gasteiger partial charge in [0.2, 0.25) is 0 Å². The van der Waals surface area contributed by atoms with Crippen molar-refractivity contribution in [2.75, 3.05) is 11.9 Å². The largest absolute Gasteiger partial charge is 0.351 e. The van der Waals surface area contributed by atoms with Crippen LogP contribution in [0, 0.1) is 0 Å². The molecule has 1 aliphatic carbocycles. The maximum absolute atomic E-state index is 12.3. The van der Waals surface area contributed by atoms with Crippen molar-refractivity contribution in [3.63, 3.8) is 0 Å². The van der Waals surface area contributed by atoms with Gasteiger partial charge in [0.1, 0.15) is 5.82 Å². The molecular formula is C29H27N5O. The molecule has 0 bridgehead atoms. The van der Waals surface area contributed by atoms with Gasteiger partial charge in [0, 0.05) is 52.8 Å². The van der Waals surface area contributed by atoms with Gasteiger partial charge in [-0.1, -0.05) is 38.1 Å². The number of anilines is 2. The number of carbonyl (C=O) groups is 1. The van der Waals surface area contributed by atoms with Gasteiger partial charge in [-0.25, -0.2) is 9.97 Å². The third kappa shape index (κ3) is 4.28. The molecule has 2 aliphatic rings. The van der Waals surface area contributed by atoms with Crippen LogP contribution in [0.5, 0.6) is 0 Å². The van der Waals surface area contributed by atoms with Gasteiger partial charge >= 0.3 is 0 Å². The molecule has 0 saturated heterocycles. The number of benzene rings is 2. The Bertz CT molecular complexity index is 1420. The van der Waals surface area contributed by atoms with Crippen molar-refractivity contribution in [2.24, 2.45) is 0 Å². The third-order valence-electron chi connectivity index (χ3n) is 6.87. The van der Waals surface area contributed by atoms with Crippen LogP contribution in [-0.4, -0.2) is 27.4 Å². The average Bonchev–Trinajstić information content (AvgIpc) is 3.73. The van der Waals surface area contributed by atoms with E-state index in [9.17, 15) is 4.79 Å². The maximum atomic E-state index is 12.3. The summed E-state index contributed by atoms with van der Waals surface area (Å²) in [5.41, 5.74) is 7.04. The first-order valence-corrected chi connectivity index (χ1v) is 12.1. The zero-order valence-electron chi connectivity index (χ0n) is 19.9. The lowest BCUT2D eigenvalue weighted by Crippen LogP contribution is -2.43. The van der Waals surface area contributed by atoms with Crippen molar-refractivity contribution < 1.29 is 4.79 Å². The second-order valence-corrected chi connectivity index (χ2v) is 10.0. The van der Waals surface area contributed by atoms with Crippen LogP contribution in [0.4, 0.5) is 11.5 Å². The Balaban J connectivity index is 1.24. The van der Waals surface area contributed by atoms with Crippen LogP contribution in [-0.2, 0) is 5.41 Å². The first-order valence-electron chi connectivity index (χ1n) is 12.1. The molecule has 3 heterocycles. The van der Waals surface area contributed by atoms with Crippen LogP contribution in [0.15, 0.2) is 73.1 Å². The van der Waals surface area contributed by atoms with Gasteiger partial charge < -0.3 is 10.6 Å². The van der Waals surface area contributed by atoms with Gasteiger partial charge in [0.05, 0.1) is 0 Å². The monoisotopic (exact) mass is 461 g/mol. The minimum atomic E-state index is -0.131. The van der Waals surface area contributed by atoms with Crippen LogP contribution < -0.4 is 10.6 Å². The Morgan fingerprint density at radius 2 is 1.66 bits per heavy atom. The molecule has 6 rings (SSSR count).